The fraction of sp³-hybridized carbons (Fsp3) is 0.500. The number of hydrogen-bond donors (Lipinski definition) is 6. The van der Waals surface area contributed by atoms with E-state index in [4.69, 9.17) is 20.3 Å². The topological polar surface area (TPSA) is 177 Å². The number of nitrogens with two attached hydrogens (primary N) is 1. The number of carbonyl (C=O) groups is 2. The smallest absolute Gasteiger partial charge is 0.409 e. The maximum atomic E-state index is 11.3. The summed E-state index contributed by atoms with van der Waals surface area (Å²) in [6.45, 7) is 2.72. The lowest BCUT2D eigenvalue weighted by molar-refractivity contribution is -0.136. The maximum absolute atomic E-state index is 11.3. The lowest BCUT2D eigenvalue weighted by atomic mass is 9.94. The number of aromatic hydroxyl groups is 2. The van der Waals surface area contributed by atoms with Crippen molar-refractivity contribution >= 4 is 50.6 Å². The minimum Gasteiger partial charge on any atom is -0.505 e. The summed E-state index contributed by atoms with van der Waals surface area (Å²) in [4.78, 5) is 23.8. The first kappa shape index (κ1) is 23.7. The van der Waals surface area contributed by atoms with Crippen LogP contribution in [-0.4, -0.2) is 76.9 Å². The van der Waals surface area contributed by atoms with Crippen LogP contribution in [0.2, 0.25) is 0 Å². The van der Waals surface area contributed by atoms with Crippen LogP contribution in [-0.2, 0) is 14.3 Å². The molecule has 1 amide bonds. The third kappa shape index (κ3) is 3.92. The molecule has 0 aliphatic carbocycles. The van der Waals surface area contributed by atoms with E-state index in [0.29, 0.717) is 52.7 Å². The van der Waals surface area contributed by atoms with Crippen molar-refractivity contribution in [1.82, 2.24) is 5.32 Å². The Kier molecular flexibility index (Phi) is 6.49. The number of anilines is 2. The molecular weight excluding hydrogens is 472 g/mol. The van der Waals surface area contributed by atoms with Gasteiger partial charge in [-0.15, -0.1) is 0 Å². The van der Waals surface area contributed by atoms with Gasteiger partial charge in [-0.3, -0.25) is 4.79 Å². The minimum absolute atomic E-state index is 0.000939. The van der Waals surface area contributed by atoms with Crippen LogP contribution >= 0.6 is 21.6 Å². The van der Waals surface area contributed by atoms with Crippen LogP contribution in [0, 0.1) is 6.92 Å². The Balaban J connectivity index is 1.62. The Morgan fingerprint density at radius 1 is 1.33 bits per heavy atom. The number of carboxylic acid groups (broad SMARTS) is 1. The van der Waals surface area contributed by atoms with E-state index in [0.717, 1.165) is 0 Å². The van der Waals surface area contributed by atoms with Crippen LogP contribution in [0.3, 0.4) is 0 Å². The van der Waals surface area contributed by atoms with Crippen molar-refractivity contribution in [2.24, 2.45) is 5.73 Å². The number of fused-ring (bicyclic) bond motifs is 5. The average Bonchev–Trinajstić information content (AvgIpc) is 3.37. The Morgan fingerprint density at radius 2 is 2.06 bits per heavy atom. The molecule has 0 radical (unpaired) electrons. The third-order valence-electron chi connectivity index (χ3n) is 6.05. The van der Waals surface area contributed by atoms with Crippen LogP contribution in [0.5, 0.6) is 11.5 Å². The molecule has 1 aromatic carbocycles. The average molecular weight is 499 g/mol. The molecule has 33 heavy (non-hydrogen) atoms. The summed E-state index contributed by atoms with van der Waals surface area (Å²) in [7, 11) is 4.50. The van der Waals surface area contributed by atoms with E-state index in [9.17, 15) is 19.8 Å². The molecule has 0 saturated carbocycles. The summed E-state index contributed by atoms with van der Waals surface area (Å²) in [5.74, 6) is 0.228. The fourth-order valence-electron chi connectivity index (χ4n) is 4.60. The lowest BCUT2D eigenvalue weighted by Crippen LogP contribution is -2.50. The van der Waals surface area contributed by atoms with Crippen molar-refractivity contribution in [2.75, 3.05) is 41.9 Å². The highest BCUT2D eigenvalue weighted by molar-refractivity contribution is 8.76. The molecule has 3 aliphatic rings. The molecule has 3 atom stereocenters. The molecule has 3 heterocycles. The molecule has 2 saturated heterocycles. The molecule has 11 nitrogen and oxygen atoms in total. The molecule has 180 valence electrons. The van der Waals surface area contributed by atoms with Crippen LogP contribution in [0.25, 0.3) is 5.57 Å². The third-order valence-corrected chi connectivity index (χ3v) is 8.46. The van der Waals surface area contributed by atoms with E-state index in [1.807, 2.05) is 4.90 Å². The predicted molar refractivity (Wildman–Crippen MR) is 127 cm³/mol. The molecule has 7 N–H and O–H groups in total. The van der Waals surface area contributed by atoms with Crippen LogP contribution in [0.1, 0.15) is 17.5 Å². The zero-order chi connectivity index (χ0) is 23.9. The largest absolute Gasteiger partial charge is 0.505 e. The number of carboxylic acids is 1. The lowest BCUT2D eigenvalue weighted by Gasteiger charge is -2.35. The number of nitrogens with one attached hydrogen (secondary N) is 2. The Hall–Kier alpha value is -2.48. The molecule has 0 spiro atoms. The summed E-state index contributed by atoms with van der Waals surface area (Å²) < 4.78 is 10.9. The number of methoxy groups -OCH3 is 1. The Labute approximate surface area is 198 Å². The molecule has 3 aliphatic heterocycles. The maximum Gasteiger partial charge on any atom is 0.409 e. The van der Waals surface area contributed by atoms with Crippen molar-refractivity contribution in [1.29, 1.82) is 0 Å². The number of piperazine rings is 1. The summed E-state index contributed by atoms with van der Waals surface area (Å²) in [5, 5.41) is 37.5. The van der Waals surface area contributed by atoms with Crippen molar-refractivity contribution in [2.45, 2.75) is 31.2 Å². The number of carbonyl (C=O) groups excluding carboxylic acids is 1. The highest BCUT2D eigenvalue weighted by atomic mass is 33.1. The molecule has 0 unspecified atom stereocenters. The Bertz CT molecular complexity index is 1020. The number of phenolic OH excluding ortho intramolecular Hbond substituents is 2. The van der Waals surface area contributed by atoms with E-state index in [-0.39, 0.29) is 30.0 Å². The van der Waals surface area contributed by atoms with Crippen molar-refractivity contribution in [3.8, 4) is 11.5 Å². The van der Waals surface area contributed by atoms with E-state index >= 15 is 0 Å². The summed E-state index contributed by atoms with van der Waals surface area (Å²) in [6, 6.07) is 0.0396. The van der Waals surface area contributed by atoms with E-state index < -0.39 is 17.8 Å². The molecule has 13 heteroatoms. The summed E-state index contributed by atoms with van der Waals surface area (Å²) in [6.07, 6.45) is 0.277. The SMILES string of the molecule is CO[C@@]12C(=COC(N)=O)c3c(O)c(NCCSSCCC(=O)O)c(C)c(O)c3N1C[C@@H]1N[C@@H]12. The van der Waals surface area contributed by atoms with Gasteiger partial charge in [-0.2, -0.15) is 0 Å². The molecule has 0 aromatic heterocycles. The zero-order valence-corrected chi connectivity index (χ0v) is 19.7. The van der Waals surface area contributed by atoms with Crippen LogP contribution in [0.15, 0.2) is 6.26 Å². The van der Waals surface area contributed by atoms with Gasteiger partial charge in [0, 0.05) is 43.3 Å². The van der Waals surface area contributed by atoms with Crippen LogP contribution in [0.4, 0.5) is 16.2 Å². The number of benzene rings is 1. The number of phenols is 2. The quantitative estimate of drug-likeness (QED) is 0.0687. The number of amides is 1. The molecule has 1 aromatic rings. The van der Waals surface area contributed by atoms with Gasteiger partial charge < -0.3 is 46.1 Å². The Morgan fingerprint density at radius 3 is 2.73 bits per heavy atom. The highest BCUT2D eigenvalue weighted by Crippen LogP contribution is 2.63. The number of rotatable bonds is 10. The van der Waals surface area contributed by atoms with Gasteiger partial charge in [0.2, 0.25) is 0 Å². The first-order valence-electron chi connectivity index (χ1n) is 10.3. The van der Waals surface area contributed by atoms with Crippen molar-refractivity contribution in [3.05, 3.63) is 17.4 Å². The summed E-state index contributed by atoms with van der Waals surface area (Å²) >= 11 is 0. The second kappa shape index (κ2) is 9.05. The van der Waals surface area contributed by atoms with Gasteiger partial charge in [0.1, 0.15) is 17.8 Å². The monoisotopic (exact) mass is 498 g/mol. The number of hydrogen-bond acceptors (Lipinski definition) is 11. The zero-order valence-electron chi connectivity index (χ0n) is 18.1. The number of ether oxygens (including phenoxy) is 2. The molecule has 4 rings (SSSR count). The number of nitrogens with zero attached hydrogens (tertiary/aromatic N) is 1. The van der Waals surface area contributed by atoms with Crippen LogP contribution < -0.4 is 21.3 Å². The second-order valence-electron chi connectivity index (χ2n) is 7.87. The first-order valence-corrected chi connectivity index (χ1v) is 12.8. The van der Waals surface area contributed by atoms with Gasteiger partial charge in [-0.1, -0.05) is 21.6 Å². The van der Waals surface area contributed by atoms with Gasteiger partial charge in [0.25, 0.3) is 0 Å². The molecule has 2 fully saturated rings. The van der Waals surface area contributed by atoms with E-state index in [1.54, 1.807) is 6.92 Å². The molecular formula is C20H26N4O7S2. The summed E-state index contributed by atoms with van der Waals surface area (Å²) in [5.41, 5.74) is 6.09. The van der Waals surface area contributed by atoms with E-state index in [1.165, 1.54) is 35.0 Å². The van der Waals surface area contributed by atoms with E-state index in [2.05, 4.69) is 10.6 Å². The van der Waals surface area contributed by atoms with Crippen molar-refractivity contribution < 1.29 is 34.4 Å². The standard InChI is InChI=1S/C20H26N4O7S2/c1-9-14(22-4-6-33-32-5-3-12(25)26)17(28)13-10(8-31-19(21)29)20(30-2)18-11(23-18)7-24(20)15(13)16(9)27/h8,11,18,22-23,27-28H,3-7H2,1-2H3,(H2,21,29)(H,25,26)/t11-,18-,20+/m0/s1. The molecule has 0 bridgehead atoms. The predicted octanol–water partition coefficient (Wildman–Crippen LogP) is 1.63. The second-order valence-corrected chi connectivity index (χ2v) is 10.6. The first-order chi connectivity index (χ1) is 15.7. The van der Waals surface area contributed by atoms with Gasteiger partial charge in [0.05, 0.1) is 35.0 Å². The van der Waals surface area contributed by atoms with Gasteiger partial charge in [-0.05, 0) is 6.92 Å². The normalized spacial score (nSPS) is 25.5. The minimum atomic E-state index is -1.06. The number of aliphatic carboxylic acids is 1. The van der Waals surface area contributed by atoms with Gasteiger partial charge >= 0.3 is 12.1 Å². The number of primary amides is 1. The van der Waals surface area contributed by atoms with Gasteiger partial charge in [-0.25, -0.2) is 4.79 Å². The fourth-order valence-corrected chi connectivity index (χ4v) is 6.49. The van der Waals surface area contributed by atoms with Crippen molar-refractivity contribution in [3.63, 3.8) is 0 Å². The highest BCUT2D eigenvalue weighted by Gasteiger charge is 2.69. The van der Waals surface area contributed by atoms with Gasteiger partial charge in [0.15, 0.2) is 5.72 Å².